The van der Waals surface area contributed by atoms with Gasteiger partial charge in [0.2, 0.25) is 0 Å². The zero-order valence-corrected chi connectivity index (χ0v) is 12.3. The molecule has 1 aromatic carbocycles. The summed E-state index contributed by atoms with van der Waals surface area (Å²) in [5.41, 5.74) is 1.17. The third-order valence-corrected chi connectivity index (χ3v) is 3.37. The van der Waals surface area contributed by atoms with Crippen LogP contribution >= 0.6 is 0 Å². The van der Waals surface area contributed by atoms with Crippen molar-refractivity contribution in [3.63, 3.8) is 0 Å². The third kappa shape index (κ3) is 4.40. The van der Waals surface area contributed by atoms with Crippen molar-refractivity contribution in [1.29, 1.82) is 0 Å². The first-order valence-corrected chi connectivity index (χ1v) is 7.14. The molecule has 1 saturated heterocycles. The van der Waals surface area contributed by atoms with Crippen LogP contribution in [0, 0.1) is 12.3 Å². The Morgan fingerprint density at radius 2 is 2.10 bits per heavy atom. The Labute approximate surface area is 125 Å². The monoisotopic (exact) mass is 287 g/mol. The molecule has 1 heterocycles. The van der Waals surface area contributed by atoms with Crippen LogP contribution in [0.25, 0.3) is 0 Å². The van der Waals surface area contributed by atoms with E-state index < -0.39 is 6.10 Å². The van der Waals surface area contributed by atoms with Gasteiger partial charge < -0.3 is 20.3 Å². The lowest BCUT2D eigenvalue weighted by Crippen LogP contribution is -2.43. The second kappa shape index (κ2) is 7.55. The second-order valence-electron chi connectivity index (χ2n) is 4.91. The summed E-state index contributed by atoms with van der Waals surface area (Å²) in [6.45, 7) is 5.94. The maximum absolute atomic E-state index is 11.7. The van der Waals surface area contributed by atoms with Crippen molar-refractivity contribution >= 4 is 11.6 Å². The van der Waals surface area contributed by atoms with Gasteiger partial charge in [0, 0.05) is 31.9 Å². The molecular formula is C16H21N3O2. The number of carbonyl (C=O) groups is 1. The average Bonchev–Trinajstić information content (AvgIpc) is 2.54. The number of ether oxygens (including phenoxy) is 1. The second-order valence-corrected chi connectivity index (χ2v) is 4.91. The van der Waals surface area contributed by atoms with Crippen LogP contribution in [-0.4, -0.2) is 44.7 Å². The fourth-order valence-corrected chi connectivity index (χ4v) is 2.20. The summed E-state index contributed by atoms with van der Waals surface area (Å²) in [6.07, 6.45) is 4.54. The molecular weight excluding hydrogens is 266 g/mol. The smallest absolute Gasteiger partial charge is 0.261 e. The summed E-state index contributed by atoms with van der Waals surface area (Å²) in [6, 6.07) is 7.82. The molecule has 21 heavy (non-hydrogen) atoms. The summed E-state index contributed by atoms with van der Waals surface area (Å²) in [4.78, 5) is 14.0. The van der Waals surface area contributed by atoms with Crippen LogP contribution in [-0.2, 0) is 4.79 Å². The van der Waals surface area contributed by atoms with Crippen molar-refractivity contribution in [2.45, 2.75) is 13.0 Å². The Morgan fingerprint density at radius 3 is 2.71 bits per heavy atom. The zero-order chi connectivity index (χ0) is 15.1. The van der Waals surface area contributed by atoms with Gasteiger partial charge >= 0.3 is 0 Å². The van der Waals surface area contributed by atoms with Crippen LogP contribution in [0.15, 0.2) is 24.3 Å². The number of hydrogen-bond acceptors (Lipinski definition) is 4. The van der Waals surface area contributed by atoms with Crippen LogP contribution in [0.3, 0.4) is 0 Å². The maximum atomic E-state index is 11.7. The molecule has 2 rings (SSSR count). The van der Waals surface area contributed by atoms with Crippen molar-refractivity contribution in [2.24, 2.45) is 0 Å². The molecule has 1 amide bonds. The molecule has 1 aliphatic heterocycles. The third-order valence-electron chi connectivity index (χ3n) is 3.37. The Balaban J connectivity index is 1.89. The topological polar surface area (TPSA) is 53.6 Å². The van der Waals surface area contributed by atoms with E-state index in [1.165, 1.54) is 5.69 Å². The predicted octanol–water partition coefficient (Wildman–Crippen LogP) is 0.613. The number of rotatable bonds is 5. The highest BCUT2D eigenvalue weighted by molar-refractivity contribution is 5.80. The van der Waals surface area contributed by atoms with Gasteiger partial charge in [0.05, 0.1) is 6.54 Å². The molecule has 0 aromatic heterocycles. The van der Waals surface area contributed by atoms with Crippen LogP contribution in [0.1, 0.15) is 6.92 Å². The minimum absolute atomic E-state index is 0.209. The van der Waals surface area contributed by atoms with Crippen LogP contribution < -0.4 is 20.3 Å². The summed E-state index contributed by atoms with van der Waals surface area (Å²) >= 11 is 0. The van der Waals surface area contributed by atoms with Gasteiger partial charge in [-0.1, -0.05) is 5.92 Å². The van der Waals surface area contributed by atoms with E-state index in [1.807, 2.05) is 24.3 Å². The van der Waals surface area contributed by atoms with Gasteiger partial charge in [-0.2, -0.15) is 0 Å². The van der Waals surface area contributed by atoms with Gasteiger partial charge in [0.15, 0.2) is 6.10 Å². The lowest BCUT2D eigenvalue weighted by molar-refractivity contribution is -0.126. The molecule has 1 unspecified atom stereocenters. The van der Waals surface area contributed by atoms with E-state index in [9.17, 15) is 4.79 Å². The highest BCUT2D eigenvalue weighted by Gasteiger charge is 2.14. The fourth-order valence-electron chi connectivity index (χ4n) is 2.20. The maximum Gasteiger partial charge on any atom is 0.261 e. The highest BCUT2D eigenvalue weighted by atomic mass is 16.5. The number of carbonyl (C=O) groups excluding carboxylic acids is 1. The van der Waals surface area contributed by atoms with Gasteiger partial charge in [-0.25, -0.2) is 0 Å². The quantitative estimate of drug-likeness (QED) is 0.779. The molecule has 0 bridgehead atoms. The van der Waals surface area contributed by atoms with Crippen molar-refractivity contribution in [3.05, 3.63) is 24.3 Å². The van der Waals surface area contributed by atoms with E-state index >= 15 is 0 Å². The minimum Gasteiger partial charge on any atom is -0.481 e. The molecule has 1 aliphatic rings. The van der Waals surface area contributed by atoms with E-state index in [2.05, 4.69) is 21.5 Å². The lowest BCUT2D eigenvalue weighted by atomic mass is 10.2. The van der Waals surface area contributed by atoms with Gasteiger partial charge in [0.25, 0.3) is 5.91 Å². The Bertz CT molecular complexity index is 501. The van der Waals surface area contributed by atoms with Crippen molar-refractivity contribution in [3.8, 4) is 18.1 Å². The molecule has 0 spiro atoms. The van der Waals surface area contributed by atoms with Gasteiger partial charge in [-0.3, -0.25) is 4.79 Å². The average molecular weight is 287 g/mol. The number of amides is 1. The van der Waals surface area contributed by atoms with E-state index in [0.29, 0.717) is 5.75 Å². The first-order valence-electron chi connectivity index (χ1n) is 7.14. The molecule has 1 aromatic rings. The molecule has 112 valence electrons. The number of hydrogen-bond donors (Lipinski definition) is 2. The molecule has 0 aliphatic carbocycles. The zero-order valence-electron chi connectivity index (χ0n) is 12.3. The number of terminal acetylenes is 1. The SMILES string of the molecule is C#CCNC(=O)C(C)Oc1ccc(N2CCNCC2)cc1. The number of nitrogens with one attached hydrogen (secondary N) is 2. The Hall–Kier alpha value is -2.19. The molecule has 2 N–H and O–H groups in total. The molecule has 5 nitrogen and oxygen atoms in total. The van der Waals surface area contributed by atoms with Gasteiger partial charge in [0.1, 0.15) is 5.75 Å². The number of anilines is 1. The Morgan fingerprint density at radius 1 is 1.43 bits per heavy atom. The Kier molecular flexibility index (Phi) is 5.47. The summed E-state index contributed by atoms with van der Waals surface area (Å²) in [7, 11) is 0. The number of piperazine rings is 1. The molecule has 0 radical (unpaired) electrons. The van der Waals surface area contributed by atoms with Crippen molar-refractivity contribution in [1.82, 2.24) is 10.6 Å². The fraction of sp³-hybridized carbons (Fsp3) is 0.438. The van der Waals surface area contributed by atoms with Crippen molar-refractivity contribution < 1.29 is 9.53 Å². The number of nitrogens with zero attached hydrogens (tertiary/aromatic N) is 1. The number of benzene rings is 1. The minimum atomic E-state index is -0.566. The first kappa shape index (κ1) is 15.2. The van der Waals surface area contributed by atoms with E-state index in [0.717, 1.165) is 26.2 Å². The van der Waals surface area contributed by atoms with Crippen molar-refractivity contribution in [2.75, 3.05) is 37.6 Å². The lowest BCUT2D eigenvalue weighted by Gasteiger charge is -2.29. The summed E-state index contributed by atoms with van der Waals surface area (Å²) < 4.78 is 5.60. The summed E-state index contributed by atoms with van der Waals surface area (Å²) in [5.74, 6) is 2.83. The largest absolute Gasteiger partial charge is 0.481 e. The molecule has 0 saturated carbocycles. The highest BCUT2D eigenvalue weighted by Crippen LogP contribution is 2.20. The van der Waals surface area contributed by atoms with Crippen LogP contribution in [0.4, 0.5) is 5.69 Å². The molecule has 1 fully saturated rings. The van der Waals surface area contributed by atoms with E-state index in [4.69, 9.17) is 11.2 Å². The van der Waals surface area contributed by atoms with Crippen LogP contribution in [0.2, 0.25) is 0 Å². The predicted molar refractivity (Wildman–Crippen MR) is 83.5 cm³/mol. The van der Waals surface area contributed by atoms with Crippen LogP contribution in [0.5, 0.6) is 5.75 Å². The normalized spacial score (nSPS) is 15.9. The van der Waals surface area contributed by atoms with Gasteiger partial charge in [-0.05, 0) is 31.2 Å². The standard InChI is InChI=1S/C16H21N3O2/c1-3-8-18-16(20)13(2)21-15-6-4-14(5-7-15)19-11-9-17-10-12-19/h1,4-7,13,17H,8-12H2,2H3,(H,18,20). The molecule has 1 atom stereocenters. The van der Waals surface area contributed by atoms with Gasteiger partial charge in [-0.15, -0.1) is 6.42 Å². The first-order chi connectivity index (χ1) is 10.2. The summed E-state index contributed by atoms with van der Waals surface area (Å²) in [5, 5.41) is 5.93. The van der Waals surface area contributed by atoms with E-state index in [-0.39, 0.29) is 12.5 Å². The molecule has 5 heteroatoms. The van der Waals surface area contributed by atoms with E-state index in [1.54, 1.807) is 6.92 Å².